The van der Waals surface area contributed by atoms with E-state index in [0.29, 0.717) is 12.8 Å². The summed E-state index contributed by atoms with van der Waals surface area (Å²) in [6.45, 7) is 0.339. The van der Waals surface area contributed by atoms with Crippen LogP contribution < -0.4 is 5.30 Å². The standard InChI is InChI=1S/C22H21O2P/c23-25(22-16-8-3-9-17-22,24-19-21-13-6-2-7-14-21)18-10-15-20-11-4-1-5-12-20/h1-17H,18-19H2/b15-10+. The molecule has 3 heteroatoms. The Morgan fingerprint density at radius 3 is 1.96 bits per heavy atom. The van der Waals surface area contributed by atoms with Crippen molar-refractivity contribution in [2.75, 3.05) is 6.16 Å². The van der Waals surface area contributed by atoms with Crippen LogP contribution in [-0.4, -0.2) is 6.16 Å². The molecule has 0 aromatic heterocycles. The highest BCUT2D eigenvalue weighted by molar-refractivity contribution is 7.67. The summed E-state index contributed by atoms with van der Waals surface area (Å²) in [5, 5.41) is 0.753. The fraction of sp³-hybridized carbons (Fsp3) is 0.0909. The predicted octanol–water partition coefficient (Wildman–Crippen LogP) is 5.52. The first kappa shape index (κ1) is 17.4. The molecule has 2 nitrogen and oxygen atoms in total. The molecule has 0 N–H and O–H groups in total. The van der Waals surface area contributed by atoms with Crippen molar-refractivity contribution >= 4 is 18.7 Å². The Morgan fingerprint density at radius 2 is 1.32 bits per heavy atom. The summed E-state index contributed by atoms with van der Waals surface area (Å²) in [6, 6.07) is 29.3. The second-order valence-electron chi connectivity index (χ2n) is 5.76. The molecule has 126 valence electrons. The van der Waals surface area contributed by atoms with E-state index in [9.17, 15) is 4.57 Å². The van der Waals surface area contributed by atoms with Crippen molar-refractivity contribution < 1.29 is 9.09 Å². The van der Waals surface area contributed by atoms with Gasteiger partial charge in [0.1, 0.15) is 0 Å². The van der Waals surface area contributed by atoms with E-state index >= 15 is 0 Å². The van der Waals surface area contributed by atoms with Crippen LogP contribution in [0.15, 0.2) is 97.1 Å². The van der Waals surface area contributed by atoms with Crippen LogP contribution >= 0.6 is 7.37 Å². The Morgan fingerprint density at radius 1 is 0.760 bits per heavy atom. The third-order valence-corrected chi connectivity index (χ3v) is 6.21. The van der Waals surface area contributed by atoms with E-state index in [-0.39, 0.29) is 0 Å². The van der Waals surface area contributed by atoms with Crippen LogP contribution in [0.3, 0.4) is 0 Å². The first-order valence-corrected chi connectivity index (χ1v) is 10.1. The number of allylic oxidation sites excluding steroid dienone is 1. The van der Waals surface area contributed by atoms with Gasteiger partial charge in [0.05, 0.1) is 6.61 Å². The largest absolute Gasteiger partial charge is 0.320 e. The van der Waals surface area contributed by atoms with E-state index in [4.69, 9.17) is 4.52 Å². The molecular formula is C22H21O2P. The molecule has 0 spiro atoms. The van der Waals surface area contributed by atoms with Crippen molar-refractivity contribution in [3.8, 4) is 0 Å². The summed E-state index contributed by atoms with van der Waals surface area (Å²) in [6.07, 6.45) is 4.30. The lowest BCUT2D eigenvalue weighted by Crippen LogP contribution is -2.09. The van der Waals surface area contributed by atoms with Gasteiger partial charge in [0.15, 0.2) is 0 Å². The number of hydrogen-bond acceptors (Lipinski definition) is 2. The van der Waals surface area contributed by atoms with Gasteiger partial charge < -0.3 is 4.52 Å². The lowest BCUT2D eigenvalue weighted by Gasteiger charge is -2.17. The molecule has 1 unspecified atom stereocenters. The molecule has 0 amide bonds. The van der Waals surface area contributed by atoms with E-state index in [1.807, 2.05) is 103 Å². The average molecular weight is 348 g/mol. The summed E-state index contributed by atoms with van der Waals surface area (Å²) < 4.78 is 19.4. The smallest absolute Gasteiger partial charge is 0.236 e. The zero-order chi connectivity index (χ0) is 17.4. The van der Waals surface area contributed by atoms with Crippen LogP contribution in [0.4, 0.5) is 0 Å². The van der Waals surface area contributed by atoms with Gasteiger partial charge in [-0.1, -0.05) is 91.0 Å². The van der Waals surface area contributed by atoms with Crippen LogP contribution in [-0.2, 0) is 15.7 Å². The normalized spacial score (nSPS) is 13.6. The van der Waals surface area contributed by atoms with Crippen molar-refractivity contribution in [3.05, 3.63) is 108 Å². The molecule has 25 heavy (non-hydrogen) atoms. The highest BCUT2D eigenvalue weighted by Crippen LogP contribution is 2.46. The third kappa shape index (κ3) is 5.03. The van der Waals surface area contributed by atoms with Gasteiger partial charge >= 0.3 is 0 Å². The van der Waals surface area contributed by atoms with Crippen LogP contribution in [0.1, 0.15) is 11.1 Å². The predicted molar refractivity (Wildman–Crippen MR) is 105 cm³/mol. The highest BCUT2D eigenvalue weighted by atomic mass is 31.2. The topological polar surface area (TPSA) is 26.3 Å². The molecule has 3 aromatic rings. The van der Waals surface area contributed by atoms with Gasteiger partial charge in [-0.3, -0.25) is 4.57 Å². The second kappa shape index (κ2) is 8.62. The SMILES string of the molecule is O=P(C/C=C/c1ccccc1)(OCc1ccccc1)c1ccccc1. The lowest BCUT2D eigenvalue weighted by molar-refractivity contribution is 0.311. The van der Waals surface area contributed by atoms with Gasteiger partial charge in [-0.25, -0.2) is 0 Å². The maximum atomic E-state index is 13.5. The second-order valence-corrected chi connectivity index (χ2v) is 8.25. The molecule has 3 rings (SSSR count). The summed E-state index contributed by atoms with van der Waals surface area (Å²) in [5.74, 6) is 0. The minimum Gasteiger partial charge on any atom is -0.320 e. The van der Waals surface area contributed by atoms with Crippen LogP contribution in [0, 0.1) is 0 Å². The van der Waals surface area contributed by atoms with Crippen molar-refractivity contribution in [2.45, 2.75) is 6.61 Å². The van der Waals surface area contributed by atoms with Gasteiger partial charge in [-0.15, -0.1) is 0 Å². The Labute approximate surface area is 149 Å². The summed E-state index contributed by atoms with van der Waals surface area (Å²) in [5.41, 5.74) is 2.11. The fourth-order valence-electron chi connectivity index (χ4n) is 2.53. The molecule has 0 saturated carbocycles. The van der Waals surface area contributed by atoms with E-state index in [2.05, 4.69) is 0 Å². The molecule has 0 bridgehead atoms. The molecule has 0 heterocycles. The molecule has 3 aromatic carbocycles. The van der Waals surface area contributed by atoms with E-state index < -0.39 is 7.37 Å². The molecule has 0 aliphatic rings. The quantitative estimate of drug-likeness (QED) is 0.526. The molecule has 0 fully saturated rings. The van der Waals surface area contributed by atoms with E-state index in [0.717, 1.165) is 16.4 Å². The van der Waals surface area contributed by atoms with Crippen molar-refractivity contribution in [3.63, 3.8) is 0 Å². The first-order chi connectivity index (χ1) is 12.3. The maximum Gasteiger partial charge on any atom is 0.236 e. The fourth-order valence-corrected chi connectivity index (χ4v) is 4.36. The van der Waals surface area contributed by atoms with Crippen molar-refractivity contribution in [2.24, 2.45) is 0 Å². The minimum absolute atomic E-state index is 0.339. The number of rotatable bonds is 7. The Balaban J connectivity index is 1.77. The van der Waals surface area contributed by atoms with E-state index in [1.165, 1.54) is 0 Å². The molecule has 1 atom stereocenters. The van der Waals surface area contributed by atoms with Gasteiger partial charge in [-0.05, 0) is 23.3 Å². The maximum absolute atomic E-state index is 13.5. The van der Waals surface area contributed by atoms with Gasteiger partial charge in [-0.2, -0.15) is 0 Å². The zero-order valence-electron chi connectivity index (χ0n) is 14.0. The number of hydrogen-bond donors (Lipinski definition) is 0. The monoisotopic (exact) mass is 348 g/mol. The van der Waals surface area contributed by atoms with Crippen molar-refractivity contribution in [1.82, 2.24) is 0 Å². The van der Waals surface area contributed by atoms with E-state index in [1.54, 1.807) is 0 Å². The minimum atomic E-state index is -2.96. The third-order valence-electron chi connectivity index (χ3n) is 3.89. The molecule has 0 aliphatic carbocycles. The molecular weight excluding hydrogens is 327 g/mol. The Bertz CT molecular complexity index is 843. The summed E-state index contributed by atoms with van der Waals surface area (Å²) >= 11 is 0. The Hall–Kier alpha value is -2.41. The average Bonchev–Trinajstić information content (AvgIpc) is 2.69. The highest BCUT2D eigenvalue weighted by Gasteiger charge is 2.24. The van der Waals surface area contributed by atoms with Crippen LogP contribution in [0.25, 0.3) is 6.08 Å². The van der Waals surface area contributed by atoms with Gasteiger partial charge in [0.2, 0.25) is 7.37 Å². The molecule has 0 aliphatic heterocycles. The Kier molecular flexibility index (Phi) is 6.00. The van der Waals surface area contributed by atoms with Crippen molar-refractivity contribution in [1.29, 1.82) is 0 Å². The van der Waals surface area contributed by atoms with Crippen LogP contribution in [0.2, 0.25) is 0 Å². The van der Waals surface area contributed by atoms with Gasteiger partial charge in [0.25, 0.3) is 0 Å². The van der Waals surface area contributed by atoms with Crippen LogP contribution in [0.5, 0.6) is 0 Å². The zero-order valence-corrected chi connectivity index (χ0v) is 14.9. The summed E-state index contributed by atoms with van der Waals surface area (Å²) in [4.78, 5) is 0. The molecule has 0 saturated heterocycles. The van der Waals surface area contributed by atoms with Gasteiger partial charge in [0, 0.05) is 11.5 Å². The first-order valence-electron chi connectivity index (χ1n) is 8.31. The molecule has 0 radical (unpaired) electrons. The summed E-state index contributed by atoms with van der Waals surface area (Å²) in [7, 11) is -2.96. The lowest BCUT2D eigenvalue weighted by atomic mass is 10.2. The number of benzene rings is 3.